The van der Waals surface area contributed by atoms with Gasteiger partial charge in [0.05, 0.1) is 47.6 Å². The Morgan fingerprint density at radius 3 is 1.44 bits per heavy atom. The van der Waals surface area contributed by atoms with Gasteiger partial charge in [-0.2, -0.15) is 0 Å². The van der Waals surface area contributed by atoms with Crippen LogP contribution in [-0.4, -0.2) is 50.0 Å². The minimum Gasteiger partial charge on any atom is -0.465 e. The Labute approximate surface area is 233 Å². The lowest BCUT2D eigenvalue weighted by molar-refractivity contribution is 0.0425. The van der Waals surface area contributed by atoms with Crippen molar-refractivity contribution in [1.29, 1.82) is 0 Å². The number of hydrogen-bond donors (Lipinski definition) is 0. The first kappa shape index (κ1) is 28.4. The van der Waals surface area contributed by atoms with Crippen molar-refractivity contribution in [2.24, 2.45) is 0 Å². The molecule has 2 heterocycles. The normalized spacial score (nSPS) is 12.6. The molecule has 0 radical (unpaired) electrons. The van der Waals surface area contributed by atoms with Crippen molar-refractivity contribution in [2.45, 2.75) is 6.92 Å². The maximum Gasteiger partial charge on any atom is 0.346 e. The van der Waals surface area contributed by atoms with E-state index < -0.39 is 35.8 Å². The molecule has 206 valence electrons. The van der Waals surface area contributed by atoms with Crippen molar-refractivity contribution in [1.82, 2.24) is 0 Å². The van der Waals surface area contributed by atoms with E-state index in [-0.39, 0.29) is 33.4 Å². The monoisotopic (exact) mass is 554 g/mol. The van der Waals surface area contributed by atoms with E-state index in [1.807, 2.05) is 0 Å². The van der Waals surface area contributed by atoms with Crippen LogP contribution in [0, 0.1) is 6.92 Å². The Morgan fingerprint density at radius 2 is 0.976 bits per heavy atom. The largest absolute Gasteiger partial charge is 0.465 e. The van der Waals surface area contributed by atoms with Crippen LogP contribution in [0.3, 0.4) is 0 Å². The summed E-state index contributed by atoms with van der Waals surface area (Å²) in [5.74, 6) is -3.98. The van der Waals surface area contributed by atoms with Gasteiger partial charge in [-0.1, -0.05) is 48.0 Å². The minimum atomic E-state index is -0.735. The van der Waals surface area contributed by atoms with Crippen LogP contribution in [0.1, 0.15) is 67.7 Å². The SMILES string of the molecule is COC(=O)c1ccc2c(c1)C(=O)OC2=O.COC(=O)c1ccc2c(c1)C(=O)OC2=O.Cc1ccc2ccccc2c1. The molecular weight excluding hydrogens is 532 g/mol. The molecule has 0 atom stereocenters. The number of carbonyl (C=O) groups excluding carboxylic acids is 6. The lowest BCUT2D eigenvalue weighted by Gasteiger charge is -1.99. The Balaban J connectivity index is 0.000000144. The molecule has 0 amide bonds. The highest BCUT2D eigenvalue weighted by molar-refractivity contribution is 6.16. The van der Waals surface area contributed by atoms with Crippen molar-refractivity contribution in [3.05, 3.63) is 118 Å². The summed E-state index contributed by atoms with van der Waals surface area (Å²) in [6, 6.07) is 23.0. The molecule has 2 aliphatic rings. The van der Waals surface area contributed by atoms with E-state index >= 15 is 0 Å². The van der Waals surface area contributed by atoms with Crippen LogP contribution in [-0.2, 0) is 18.9 Å². The number of hydrogen-bond acceptors (Lipinski definition) is 10. The van der Waals surface area contributed by atoms with Crippen LogP contribution < -0.4 is 0 Å². The van der Waals surface area contributed by atoms with E-state index in [0.717, 1.165) is 0 Å². The Morgan fingerprint density at radius 1 is 0.537 bits per heavy atom. The molecule has 0 bridgehead atoms. The summed E-state index contributed by atoms with van der Waals surface area (Å²) >= 11 is 0. The molecule has 2 aliphatic heterocycles. The molecule has 0 unspecified atom stereocenters. The van der Waals surface area contributed by atoms with Crippen LogP contribution in [0.5, 0.6) is 0 Å². The number of carbonyl (C=O) groups is 6. The number of cyclic esters (lactones) is 4. The summed E-state index contributed by atoms with van der Waals surface area (Å²) in [6.07, 6.45) is 0. The third-order valence-electron chi connectivity index (χ3n) is 6.04. The summed E-state index contributed by atoms with van der Waals surface area (Å²) < 4.78 is 17.7. The topological polar surface area (TPSA) is 139 Å². The third kappa shape index (κ3) is 6.17. The molecule has 0 fully saturated rings. The highest BCUT2D eigenvalue weighted by Gasteiger charge is 2.31. The van der Waals surface area contributed by atoms with Gasteiger partial charge in [0.15, 0.2) is 0 Å². The average molecular weight is 555 g/mol. The van der Waals surface area contributed by atoms with Crippen LogP contribution in [0.25, 0.3) is 10.8 Å². The Kier molecular flexibility index (Phi) is 8.33. The molecule has 0 saturated heterocycles. The van der Waals surface area contributed by atoms with Gasteiger partial charge in [0.2, 0.25) is 0 Å². The van der Waals surface area contributed by atoms with Crippen LogP contribution in [0.2, 0.25) is 0 Å². The molecule has 0 spiro atoms. The van der Waals surface area contributed by atoms with Gasteiger partial charge in [0.1, 0.15) is 0 Å². The van der Waals surface area contributed by atoms with E-state index in [4.69, 9.17) is 0 Å². The third-order valence-corrected chi connectivity index (χ3v) is 6.04. The predicted octanol–water partition coefficient (Wildman–Crippen LogP) is 4.72. The zero-order chi connectivity index (χ0) is 29.7. The quantitative estimate of drug-likeness (QED) is 0.194. The second kappa shape index (κ2) is 12.0. The van der Waals surface area contributed by atoms with Gasteiger partial charge in [-0.15, -0.1) is 0 Å². The van der Waals surface area contributed by atoms with E-state index in [1.165, 1.54) is 67.0 Å². The van der Waals surface area contributed by atoms with E-state index in [2.05, 4.69) is 68.3 Å². The molecule has 6 rings (SSSR count). The maximum absolute atomic E-state index is 11.1. The fourth-order valence-electron chi connectivity index (χ4n) is 3.97. The molecule has 0 aliphatic carbocycles. The van der Waals surface area contributed by atoms with Gasteiger partial charge in [0, 0.05) is 0 Å². The molecule has 4 aromatic rings. The number of esters is 6. The molecule has 10 nitrogen and oxygen atoms in total. The van der Waals surface area contributed by atoms with Crippen LogP contribution >= 0.6 is 0 Å². The first-order valence-corrected chi connectivity index (χ1v) is 12.1. The van der Waals surface area contributed by atoms with Crippen molar-refractivity contribution in [3.8, 4) is 0 Å². The summed E-state index contributed by atoms with van der Waals surface area (Å²) in [6.45, 7) is 2.12. The van der Waals surface area contributed by atoms with Crippen LogP contribution in [0.4, 0.5) is 0 Å². The number of benzene rings is 4. The number of rotatable bonds is 2. The summed E-state index contributed by atoms with van der Waals surface area (Å²) in [5, 5.41) is 2.64. The van der Waals surface area contributed by atoms with Gasteiger partial charge >= 0.3 is 35.8 Å². The van der Waals surface area contributed by atoms with Crippen molar-refractivity contribution in [2.75, 3.05) is 14.2 Å². The van der Waals surface area contributed by atoms with Crippen LogP contribution in [0.15, 0.2) is 78.9 Å². The number of fused-ring (bicyclic) bond motifs is 3. The standard InChI is InChI=1S/C11H10.2C10H6O5/c1-9-6-7-10-4-2-3-5-11(10)8-9;2*1-14-8(11)5-2-3-6-7(4-5)10(13)15-9(6)12/h2-8H,1H3;2*2-4H,1H3. The predicted molar refractivity (Wildman–Crippen MR) is 144 cm³/mol. The van der Waals surface area contributed by atoms with Gasteiger partial charge in [-0.3, -0.25) is 0 Å². The van der Waals surface area contributed by atoms with Gasteiger partial charge in [-0.05, 0) is 54.1 Å². The first-order valence-electron chi connectivity index (χ1n) is 12.1. The zero-order valence-corrected chi connectivity index (χ0v) is 22.1. The van der Waals surface area contributed by atoms with E-state index in [0.29, 0.717) is 0 Å². The highest BCUT2D eigenvalue weighted by atomic mass is 16.6. The molecule has 10 heteroatoms. The number of ether oxygens (including phenoxy) is 4. The van der Waals surface area contributed by atoms with Gasteiger partial charge in [0.25, 0.3) is 0 Å². The molecule has 0 aromatic heterocycles. The minimum absolute atomic E-state index is 0.0999. The Hall–Kier alpha value is -5.64. The van der Waals surface area contributed by atoms with E-state index in [9.17, 15) is 28.8 Å². The lowest BCUT2D eigenvalue weighted by Crippen LogP contribution is -2.03. The Bertz CT molecular complexity index is 1640. The number of methoxy groups -OCH3 is 2. The molecule has 0 saturated carbocycles. The summed E-state index contributed by atoms with van der Waals surface area (Å²) in [5.41, 5.74) is 2.29. The number of aryl methyl sites for hydroxylation is 1. The molecule has 4 aromatic carbocycles. The van der Waals surface area contributed by atoms with Crippen molar-refractivity contribution >= 4 is 46.6 Å². The second-order valence-corrected chi connectivity index (χ2v) is 8.71. The van der Waals surface area contributed by atoms with Gasteiger partial charge < -0.3 is 18.9 Å². The second-order valence-electron chi connectivity index (χ2n) is 8.71. The maximum atomic E-state index is 11.1. The fraction of sp³-hybridized carbons (Fsp3) is 0.0968. The highest BCUT2D eigenvalue weighted by Crippen LogP contribution is 2.22. The first-order chi connectivity index (χ1) is 19.6. The smallest absolute Gasteiger partial charge is 0.346 e. The zero-order valence-electron chi connectivity index (χ0n) is 22.1. The van der Waals surface area contributed by atoms with Crippen molar-refractivity contribution in [3.63, 3.8) is 0 Å². The average Bonchev–Trinajstić information content (AvgIpc) is 3.44. The summed E-state index contributed by atoms with van der Waals surface area (Å²) in [4.78, 5) is 66.7. The van der Waals surface area contributed by atoms with Crippen molar-refractivity contribution < 1.29 is 47.7 Å². The lowest BCUT2D eigenvalue weighted by atomic mass is 10.1. The summed E-state index contributed by atoms with van der Waals surface area (Å²) in [7, 11) is 2.47. The molecule has 0 N–H and O–H groups in total. The van der Waals surface area contributed by atoms with Gasteiger partial charge in [-0.25, -0.2) is 28.8 Å². The molecule has 41 heavy (non-hydrogen) atoms. The molecular formula is C31H22O10. The fourth-order valence-corrected chi connectivity index (χ4v) is 3.97. The van der Waals surface area contributed by atoms with E-state index in [1.54, 1.807) is 0 Å².